The van der Waals surface area contributed by atoms with Gasteiger partial charge in [0.05, 0.1) is 31.5 Å². The highest BCUT2D eigenvalue weighted by Gasteiger charge is 2.21. The van der Waals surface area contributed by atoms with Crippen LogP contribution in [0.25, 0.3) is 116 Å². The lowest BCUT2D eigenvalue weighted by Gasteiger charge is -2.09. The first kappa shape index (κ1) is 31.7. The summed E-state index contributed by atoms with van der Waals surface area (Å²) >= 11 is 5.73. The molecule has 5 heteroatoms. The molecule has 0 unspecified atom stereocenters. The van der Waals surface area contributed by atoms with Crippen LogP contribution < -0.4 is 0 Å². The van der Waals surface area contributed by atoms with E-state index in [4.69, 9.17) is 0 Å². The molecule has 0 saturated carbocycles. The standard InChI is InChI=1S/C52H30N2S3/c1-3-12-34(13-4-1)53-43-20-9-7-16-39(43)51-48(53)41-27-23-32(29-47(41)56-51)31-22-25-37-38-26-24-33(30-46(38)55-45(37)28-31)36-18-11-19-42-49-52(57-50(36)42)40-17-8-10-21-44(40)54(49)35-14-5-2-6-15-35/h1-30H. The average Bonchev–Trinajstić information content (AvgIpc) is 4.07. The van der Waals surface area contributed by atoms with E-state index in [1.54, 1.807) is 0 Å². The zero-order valence-electron chi connectivity index (χ0n) is 30.4. The Morgan fingerprint density at radius 2 is 0.772 bits per heavy atom. The van der Waals surface area contributed by atoms with Crippen molar-refractivity contribution >= 4 is 117 Å². The maximum Gasteiger partial charge on any atom is 0.0727 e. The van der Waals surface area contributed by atoms with Crippen LogP contribution >= 0.6 is 34.0 Å². The molecular formula is C52H30N2S3. The van der Waals surface area contributed by atoms with Gasteiger partial charge in [0.25, 0.3) is 0 Å². The van der Waals surface area contributed by atoms with Crippen LogP contribution in [0, 0.1) is 0 Å². The predicted molar refractivity (Wildman–Crippen MR) is 250 cm³/mol. The summed E-state index contributed by atoms with van der Waals surface area (Å²) in [5.74, 6) is 0. The third-order valence-corrected chi connectivity index (χ3v) is 15.3. The maximum absolute atomic E-state index is 2.45. The second-order valence-corrected chi connectivity index (χ2v) is 18.0. The van der Waals surface area contributed by atoms with Crippen LogP contribution in [0.3, 0.4) is 0 Å². The molecule has 13 aromatic rings. The van der Waals surface area contributed by atoms with E-state index in [0.29, 0.717) is 0 Å². The van der Waals surface area contributed by atoms with Crippen LogP contribution in [0.15, 0.2) is 182 Å². The zero-order valence-corrected chi connectivity index (χ0v) is 32.9. The molecule has 2 nitrogen and oxygen atoms in total. The molecule has 13 rings (SSSR count). The predicted octanol–water partition coefficient (Wildman–Crippen LogP) is 16.0. The Labute approximate surface area is 339 Å². The zero-order chi connectivity index (χ0) is 37.2. The molecule has 0 N–H and O–H groups in total. The molecule has 0 saturated heterocycles. The van der Waals surface area contributed by atoms with E-state index in [-0.39, 0.29) is 0 Å². The molecule has 0 aliphatic heterocycles. The Morgan fingerprint density at radius 1 is 0.298 bits per heavy atom. The molecule has 0 amide bonds. The lowest BCUT2D eigenvalue weighted by molar-refractivity contribution is 1.19. The summed E-state index contributed by atoms with van der Waals surface area (Å²) in [6.45, 7) is 0. The second kappa shape index (κ2) is 12.0. The first-order valence-electron chi connectivity index (χ1n) is 19.3. The number of fused-ring (bicyclic) bond motifs is 13. The van der Waals surface area contributed by atoms with E-state index in [9.17, 15) is 0 Å². The van der Waals surface area contributed by atoms with Gasteiger partial charge in [0.15, 0.2) is 0 Å². The van der Waals surface area contributed by atoms with Crippen LogP contribution in [0.2, 0.25) is 0 Å². The van der Waals surface area contributed by atoms with Crippen molar-refractivity contribution in [2.75, 3.05) is 0 Å². The van der Waals surface area contributed by atoms with Crippen LogP contribution in [0.1, 0.15) is 0 Å². The van der Waals surface area contributed by atoms with Gasteiger partial charge < -0.3 is 9.13 Å². The van der Waals surface area contributed by atoms with Crippen LogP contribution in [0.5, 0.6) is 0 Å². The summed E-state index contributed by atoms with van der Waals surface area (Å²) in [7, 11) is 0. The van der Waals surface area contributed by atoms with Gasteiger partial charge in [-0.15, -0.1) is 34.0 Å². The Bertz CT molecular complexity index is 3740. The van der Waals surface area contributed by atoms with Gasteiger partial charge in [0, 0.05) is 62.5 Å². The van der Waals surface area contributed by atoms with Crippen molar-refractivity contribution < 1.29 is 0 Å². The Balaban J connectivity index is 0.925. The van der Waals surface area contributed by atoms with E-state index >= 15 is 0 Å². The minimum atomic E-state index is 1.19. The van der Waals surface area contributed by atoms with Crippen LogP contribution in [0.4, 0.5) is 0 Å². The summed E-state index contributed by atoms with van der Waals surface area (Å²) in [5.41, 5.74) is 12.6. The number of thiophene rings is 3. The first-order valence-corrected chi connectivity index (χ1v) is 21.7. The number of hydrogen-bond acceptors (Lipinski definition) is 3. The fourth-order valence-corrected chi connectivity index (χ4v) is 13.0. The molecular weight excluding hydrogens is 749 g/mol. The molecule has 5 heterocycles. The number of hydrogen-bond donors (Lipinski definition) is 0. The smallest absolute Gasteiger partial charge is 0.0727 e. The van der Waals surface area contributed by atoms with E-state index in [1.807, 2.05) is 34.0 Å². The number of benzene rings is 8. The quantitative estimate of drug-likeness (QED) is 0.168. The van der Waals surface area contributed by atoms with Gasteiger partial charge in [-0.2, -0.15) is 0 Å². The summed E-state index contributed by atoms with van der Waals surface area (Å²) in [5, 5.41) is 7.86. The highest BCUT2D eigenvalue weighted by Crippen LogP contribution is 2.48. The van der Waals surface area contributed by atoms with Gasteiger partial charge >= 0.3 is 0 Å². The Kier molecular flexibility index (Phi) is 6.67. The van der Waals surface area contributed by atoms with Crippen molar-refractivity contribution in [2.24, 2.45) is 0 Å². The molecule has 0 aliphatic rings. The first-order chi connectivity index (χ1) is 28.3. The van der Waals surface area contributed by atoms with Crippen molar-refractivity contribution in [3.05, 3.63) is 182 Å². The molecule has 0 fully saturated rings. The number of nitrogens with zero attached hydrogens (tertiary/aromatic N) is 2. The highest BCUT2D eigenvalue weighted by atomic mass is 32.1. The third-order valence-electron chi connectivity index (χ3n) is 11.7. The van der Waals surface area contributed by atoms with E-state index in [2.05, 4.69) is 191 Å². The Morgan fingerprint density at radius 3 is 1.40 bits per heavy atom. The average molecular weight is 779 g/mol. The summed E-state index contributed by atoms with van der Waals surface area (Å²) in [4.78, 5) is 0. The van der Waals surface area contributed by atoms with E-state index in [0.717, 1.165) is 0 Å². The molecule has 57 heavy (non-hydrogen) atoms. The minimum Gasteiger partial charge on any atom is -0.308 e. The summed E-state index contributed by atoms with van der Waals surface area (Å²) < 4.78 is 12.9. The second-order valence-electron chi connectivity index (χ2n) is 14.9. The molecule has 0 aliphatic carbocycles. The molecule has 0 radical (unpaired) electrons. The topological polar surface area (TPSA) is 9.86 Å². The monoisotopic (exact) mass is 778 g/mol. The minimum absolute atomic E-state index is 1.19. The molecule has 266 valence electrons. The molecule has 8 aromatic carbocycles. The molecule has 0 atom stereocenters. The van der Waals surface area contributed by atoms with E-state index < -0.39 is 0 Å². The van der Waals surface area contributed by atoms with Crippen molar-refractivity contribution in [3.63, 3.8) is 0 Å². The lowest BCUT2D eigenvalue weighted by atomic mass is 10.0. The molecule has 5 aromatic heterocycles. The lowest BCUT2D eigenvalue weighted by Crippen LogP contribution is -1.92. The van der Waals surface area contributed by atoms with Gasteiger partial charge in [0.2, 0.25) is 0 Å². The number of aromatic nitrogens is 2. The van der Waals surface area contributed by atoms with Gasteiger partial charge in [-0.25, -0.2) is 0 Å². The van der Waals surface area contributed by atoms with Gasteiger partial charge in [-0.1, -0.05) is 127 Å². The van der Waals surface area contributed by atoms with Gasteiger partial charge in [0.1, 0.15) is 0 Å². The maximum atomic E-state index is 2.45. The Hall–Kier alpha value is -6.50. The number of rotatable bonds is 4. The molecule has 0 bridgehead atoms. The van der Waals surface area contributed by atoms with Crippen LogP contribution in [-0.4, -0.2) is 9.13 Å². The molecule has 0 spiro atoms. The van der Waals surface area contributed by atoms with E-state index in [1.165, 1.54) is 116 Å². The fourth-order valence-electron chi connectivity index (χ4n) is 9.18. The van der Waals surface area contributed by atoms with Crippen molar-refractivity contribution in [1.82, 2.24) is 9.13 Å². The normalized spacial score (nSPS) is 12.2. The van der Waals surface area contributed by atoms with Crippen LogP contribution in [-0.2, 0) is 0 Å². The highest BCUT2D eigenvalue weighted by molar-refractivity contribution is 7.27. The fraction of sp³-hybridized carbons (Fsp3) is 0. The van der Waals surface area contributed by atoms with Crippen molar-refractivity contribution in [1.29, 1.82) is 0 Å². The third kappa shape index (κ3) is 4.56. The largest absolute Gasteiger partial charge is 0.308 e. The number of para-hydroxylation sites is 4. The van der Waals surface area contributed by atoms with Crippen molar-refractivity contribution in [3.8, 4) is 33.6 Å². The SMILES string of the molecule is c1ccc(-n2c3ccccc3c3sc4cc(-c5ccc6c(c5)sc5cc(-c7cccc8c7sc7c9ccccc9n(-c9ccccc9)c87)ccc56)ccc4c32)cc1. The van der Waals surface area contributed by atoms with Gasteiger partial charge in [-0.05, 0) is 76.9 Å². The van der Waals surface area contributed by atoms with Gasteiger partial charge in [-0.3, -0.25) is 0 Å². The summed E-state index contributed by atoms with van der Waals surface area (Å²) in [6.07, 6.45) is 0. The van der Waals surface area contributed by atoms with Crippen molar-refractivity contribution in [2.45, 2.75) is 0 Å². The summed E-state index contributed by atoms with van der Waals surface area (Å²) in [6, 6.07) is 67.1.